The summed E-state index contributed by atoms with van der Waals surface area (Å²) in [6, 6.07) is 8.66. The Morgan fingerprint density at radius 1 is 1.19 bits per heavy atom. The van der Waals surface area contributed by atoms with Gasteiger partial charge < -0.3 is 26.4 Å². The summed E-state index contributed by atoms with van der Waals surface area (Å²) in [5, 5.41) is 2.88. The molecule has 5 N–H and O–H groups in total. The van der Waals surface area contributed by atoms with E-state index in [2.05, 4.69) is 25.0 Å². The molecule has 0 saturated heterocycles. The van der Waals surface area contributed by atoms with Gasteiger partial charge in [0, 0.05) is 37.5 Å². The average molecular weight is 421 g/mol. The van der Waals surface area contributed by atoms with Gasteiger partial charge in [0.2, 0.25) is 0 Å². The van der Waals surface area contributed by atoms with Crippen molar-refractivity contribution in [1.29, 1.82) is 0 Å². The number of hydrogen-bond donors (Lipinski definition) is 3. The maximum Gasteiger partial charge on any atom is 0.360 e. The molecule has 10 heteroatoms. The highest BCUT2D eigenvalue weighted by Crippen LogP contribution is 2.21. The molecule has 2 heterocycles. The molecule has 0 spiro atoms. The zero-order valence-electron chi connectivity index (χ0n) is 17.2. The van der Waals surface area contributed by atoms with Crippen LogP contribution in [0.2, 0.25) is 0 Å². The molecule has 0 atom stereocenters. The fourth-order valence-corrected chi connectivity index (χ4v) is 2.91. The summed E-state index contributed by atoms with van der Waals surface area (Å²) in [6.07, 6.45) is 4.69. The largest absolute Gasteiger partial charge is 0.464 e. The number of nitrogens with zero attached hydrogens (tertiary/aromatic N) is 4. The van der Waals surface area contributed by atoms with Crippen molar-refractivity contribution in [3.63, 3.8) is 0 Å². The van der Waals surface area contributed by atoms with E-state index < -0.39 is 5.97 Å². The number of likely N-dealkylation sites (N-methyl/N-ethyl adjacent to an activating group) is 1. The summed E-state index contributed by atoms with van der Waals surface area (Å²) in [4.78, 5) is 38.5. The molecule has 10 nitrogen and oxygen atoms in total. The van der Waals surface area contributed by atoms with Gasteiger partial charge in [-0.25, -0.2) is 14.8 Å². The van der Waals surface area contributed by atoms with E-state index in [9.17, 15) is 9.59 Å². The van der Waals surface area contributed by atoms with Crippen molar-refractivity contribution >= 4 is 29.1 Å². The summed E-state index contributed by atoms with van der Waals surface area (Å²) in [5.74, 6) is -0.947. The highest BCUT2D eigenvalue weighted by Gasteiger charge is 2.16. The summed E-state index contributed by atoms with van der Waals surface area (Å²) >= 11 is 0. The van der Waals surface area contributed by atoms with E-state index in [0.717, 1.165) is 5.69 Å². The van der Waals surface area contributed by atoms with Crippen molar-refractivity contribution in [2.24, 2.45) is 0 Å². The van der Waals surface area contributed by atoms with Crippen molar-refractivity contribution in [3.8, 4) is 11.3 Å². The zero-order chi connectivity index (χ0) is 22.4. The third kappa shape index (κ3) is 5.04. The second-order valence-corrected chi connectivity index (χ2v) is 6.67. The molecule has 160 valence electrons. The summed E-state index contributed by atoms with van der Waals surface area (Å²) < 4.78 is 4.67. The van der Waals surface area contributed by atoms with Gasteiger partial charge in [-0.05, 0) is 18.2 Å². The normalized spacial score (nSPS) is 10.4. The Labute approximate surface area is 179 Å². The van der Waals surface area contributed by atoms with Gasteiger partial charge in [0.25, 0.3) is 5.91 Å². The SMILES string of the molecule is COC(=O)c1nc(-c2cccc(C(=O)NCCN(C)c3ccncc3N)c2)cnc1N. The molecule has 31 heavy (non-hydrogen) atoms. The Morgan fingerprint density at radius 2 is 2.00 bits per heavy atom. The van der Waals surface area contributed by atoms with Crippen molar-refractivity contribution in [1.82, 2.24) is 20.3 Å². The lowest BCUT2D eigenvalue weighted by Gasteiger charge is -2.20. The fraction of sp³-hybridized carbons (Fsp3) is 0.190. The molecule has 0 radical (unpaired) electrons. The quantitative estimate of drug-likeness (QED) is 0.480. The van der Waals surface area contributed by atoms with Crippen molar-refractivity contribution in [2.45, 2.75) is 0 Å². The van der Waals surface area contributed by atoms with E-state index in [1.165, 1.54) is 13.3 Å². The van der Waals surface area contributed by atoms with Crippen LogP contribution in [0.4, 0.5) is 17.2 Å². The standard InChI is InChI=1S/C21H23N7O3/c1-28(17-6-7-24-11-15(17)22)9-8-25-20(29)14-5-3-4-13(10-14)16-12-26-19(23)18(27-16)21(30)31-2/h3-7,10-12H,8-9,22H2,1-2H3,(H2,23,26)(H,25,29). The van der Waals surface area contributed by atoms with Crippen LogP contribution in [0.1, 0.15) is 20.8 Å². The second kappa shape index (κ2) is 9.53. The molecule has 3 rings (SSSR count). The molecule has 0 aliphatic heterocycles. The summed E-state index contributed by atoms with van der Waals surface area (Å²) in [5.41, 5.74) is 14.4. The molecule has 0 aliphatic carbocycles. The number of nitrogens with two attached hydrogens (primary N) is 2. The van der Waals surface area contributed by atoms with Crippen LogP contribution in [0, 0.1) is 0 Å². The van der Waals surface area contributed by atoms with Gasteiger partial charge in [-0.15, -0.1) is 0 Å². The molecule has 0 aliphatic rings. The van der Waals surface area contributed by atoms with Crippen LogP contribution in [-0.4, -0.2) is 54.1 Å². The lowest BCUT2D eigenvalue weighted by molar-refractivity contribution is 0.0595. The third-order valence-corrected chi connectivity index (χ3v) is 4.57. The smallest absolute Gasteiger partial charge is 0.360 e. The van der Waals surface area contributed by atoms with Crippen LogP contribution in [-0.2, 0) is 4.74 Å². The number of carbonyl (C=O) groups excluding carboxylic acids is 2. The number of anilines is 3. The lowest BCUT2D eigenvalue weighted by Crippen LogP contribution is -2.33. The first-order valence-electron chi connectivity index (χ1n) is 9.40. The van der Waals surface area contributed by atoms with Crippen LogP contribution in [0.3, 0.4) is 0 Å². The minimum atomic E-state index is -0.681. The number of aromatic nitrogens is 3. The van der Waals surface area contributed by atoms with Crippen LogP contribution < -0.4 is 21.7 Å². The van der Waals surface area contributed by atoms with Gasteiger partial charge in [-0.1, -0.05) is 12.1 Å². The fourth-order valence-electron chi connectivity index (χ4n) is 2.91. The molecule has 1 aromatic carbocycles. The zero-order valence-corrected chi connectivity index (χ0v) is 17.2. The van der Waals surface area contributed by atoms with Crippen LogP contribution in [0.25, 0.3) is 11.3 Å². The molecule has 0 bridgehead atoms. The maximum absolute atomic E-state index is 12.6. The molecule has 3 aromatic rings. The number of ether oxygens (including phenoxy) is 1. The number of rotatable bonds is 7. The first kappa shape index (κ1) is 21.5. The van der Waals surface area contributed by atoms with Crippen LogP contribution in [0.15, 0.2) is 48.9 Å². The second-order valence-electron chi connectivity index (χ2n) is 6.67. The van der Waals surface area contributed by atoms with Crippen LogP contribution in [0.5, 0.6) is 0 Å². The number of amides is 1. The molecular weight excluding hydrogens is 398 g/mol. The molecular formula is C21H23N7O3. The molecule has 0 saturated carbocycles. The van der Waals surface area contributed by atoms with Crippen molar-refractivity contribution in [3.05, 3.63) is 60.2 Å². The minimum Gasteiger partial charge on any atom is -0.464 e. The number of hydrogen-bond acceptors (Lipinski definition) is 9. The van der Waals surface area contributed by atoms with Crippen molar-refractivity contribution < 1.29 is 14.3 Å². The van der Waals surface area contributed by atoms with Gasteiger partial charge in [0.15, 0.2) is 11.5 Å². The van der Waals surface area contributed by atoms with E-state index in [1.54, 1.807) is 36.7 Å². The summed E-state index contributed by atoms with van der Waals surface area (Å²) in [7, 11) is 3.12. The van der Waals surface area contributed by atoms with Gasteiger partial charge in [0.1, 0.15) is 0 Å². The Kier molecular flexibility index (Phi) is 6.61. The van der Waals surface area contributed by atoms with Crippen molar-refractivity contribution in [2.75, 3.05) is 43.6 Å². The van der Waals surface area contributed by atoms with Crippen LogP contribution >= 0.6 is 0 Å². The number of esters is 1. The number of nitrogens with one attached hydrogen (secondary N) is 1. The Bertz CT molecular complexity index is 1100. The van der Waals surface area contributed by atoms with E-state index in [4.69, 9.17) is 11.5 Å². The number of carbonyl (C=O) groups is 2. The van der Waals surface area contributed by atoms with Gasteiger partial charge in [-0.3, -0.25) is 9.78 Å². The van der Waals surface area contributed by atoms with Gasteiger partial charge >= 0.3 is 5.97 Å². The highest BCUT2D eigenvalue weighted by molar-refractivity contribution is 5.96. The van der Waals surface area contributed by atoms with E-state index in [0.29, 0.717) is 35.6 Å². The highest BCUT2D eigenvalue weighted by atomic mass is 16.5. The maximum atomic E-state index is 12.6. The van der Waals surface area contributed by atoms with E-state index in [1.807, 2.05) is 18.0 Å². The number of methoxy groups -OCH3 is 1. The average Bonchev–Trinajstić information content (AvgIpc) is 2.79. The Balaban J connectivity index is 1.68. The van der Waals surface area contributed by atoms with Gasteiger partial charge in [0.05, 0.1) is 36.6 Å². The Morgan fingerprint density at radius 3 is 2.74 bits per heavy atom. The molecule has 0 unspecified atom stereocenters. The first-order valence-corrected chi connectivity index (χ1v) is 9.40. The monoisotopic (exact) mass is 421 g/mol. The Hall–Kier alpha value is -4.21. The third-order valence-electron chi connectivity index (χ3n) is 4.57. The topological polar surface area (TPSA) is 149 Å². The minimum absolute atomic E-state index is 0.0246. The van der Waals surface area contributed by atoms with Gasteiger partial charge in [-0.2, -0.15) is 0 Å². The molecule has 1 amide bonds. The summed E-state index contributed by atoms with van der Waals surface area (Å²) in [6.45, 7) is 0.973. The lowest BCUT2D eigenvalue weighted by atomic mass is 10.1. The number of nitrogen functional groups attached to an aromatic ring is 2. The molecule has 2 aromatic heterocycles. The first-order chi connectivity index (χ1) is 14.9. The van der Waals surface area contributed by atoms with E-state index >= 15 is 0 Å². The molecule has 0 fully saturated rings. The van der Waals surface area contributed by atoms with E-state index in [-0.39, 0.29) is 17.4 Å². The number of pyridine rings is 1. The number of benzene rings is 1. The predicted octanol–water partition coefficient (Wildman–Crippen LogP) is 1.36. The predicted molar refractivity (Wildman–Crippen MR) is 117 cm³/mol.